The average molecular weight is 356 g/mol. The first-order valence-corrected chi connectivity index (χ1v) is 8.61. The van der Waals surface area contributed by atoms with E-state index in [1.165, 1.54) is 0 Å². The molecule has 0 spiro atoms. The summed E-state index contributed by atoms with van der Waals surface area (Å²) < 4.78 is 10.6. The van der Waals surface area contributed by atoms with Crippen LogP contribution in [0.1, 0.15) is 16.7 Å². The number of ether oxygens (including phenoxy) is 2. The fraction of sp³-hybridized carbons (Fsp3) is 0.125. The molecule has 0 fully saturated rings. The normalized spacial score (nSPS) is 9.89. The average Bonchev–Trinajstić information content (AvgIpc) is 2.67. The second-order valence-electron chi connectivity index (χ2n) is 6.17. The largest absolute Gasteiger partial charge is 0.497 e. The lowest BCUT2D eigenvalue weighted by Crippen LogP contribution is -2.05. The first-order valence-electron chi connectivity index (χ1n) is 8.61. The number of aryl methyl sites for hydroxylation is 2. The predicted molar refractivity (Wildman–Crippen MR) is 107 cm³/mol. The van der Waals surface area contributed by atoms with Gasteiger partial charge in [0, 0.05) is 11.5 Å². The number of methoxy groups -OCH3 is 1. The Hall–Kier alpha value is -3.51. The first kappa shape index (κ1) is 18.3. The maximum absolute atomic E-state index is 12.0. The van der Waals surface area contributed by atoms with E-state index in [0.717, 1.165) is 33.6 Å². The summed E-state index contributed by atoms with van der Waals surface area (Å²) >= 11 is 0. The molecule has 0 heterocycles. The third-order valence-corrected chi connectivity index (χ3v) is 4.18. The number of hydrogen-bond donors (Lipinski definition) is 0. The van der Waals surface area contributed by atoms with Crippen LogP contribution in [0.15, 0.2) is 66.7 Å². The Balaban J connectivity index is 1.80. The lowest BCUT2D eigenvalue weighted by molar-refractivity contribution is -0.128. The van der Waals surface area contributed by atoms with Gasteiger partial charge < -0.3 is 9.47 Å². The number of hydrogen-bond acceptors (Lipinski definition) is 3. The maximum atomic E-state index is 12.0. The summed E-state index contributed by atoms with van der Waals surface area (Å²) in [5, 5.41) is 0. The second-order valence-corrected chi connectivity index (χ2v) is 6.17. The van der Waals surface area contributed by atoms with Gasteiger partial charge in [0.1, 0.15) is 11.5 Å². The van der Waals surface area contributed by atoms with Crippen LogP contribution in [0.3, 0.4) is 0 Å². The Labute approximate surface area is 159 Å². The molecule has 0 bridgehead atoms. The molecule has 3 aromatic rings. The molecule has 3 nitrogen and oxygen atoms in total. The molecule has 0 aromatic heterocycles. The molecule has 0 aliphatic heterocycles. The van der Waals surface area contributed by atoms with Crippen molar-refractivity contribution in [2.45, 2.75) is 13.8 Å². The van der Waals surface area contributed by atoms with Gasteiger partial charge >= 0.3 is 5.97 Å². The highest BCUT2D eigenvalue weighted by molar-refractivity contribution is 5.91. The molecule has 0 N–H and O–H groups in total. The van der Waals surface area contributed by atoms with Crippen LogP contribution in [0, 0.1) is 25.7 Å². The molecule has 0 unspecified atom stereocenters. The van der Waals surface area contributed by atoms with Crippen molar-refractivity contribution >= 4 is 5.97 Å². The van der Waals surface area contributed by atoms with Crippen molar-refractivity contribution in [1.82, 2.24) is 0 Å². The Kier molecular flexibility index (Phi) is 5.58. The molecular formula is C24H20O3. The molecule has 0 aliphatic rings. The smallest absolute Gasteiger partial charge is 0.390 e. The number of carbonyl (C=O) groups is 1. The molecule has 3 heteroatoms. The molecule has 134 valence electrons. The van der Waals surface area contributed by atoms with Gasteiger partial charge in [0.05, 0.1) is 7.11 Å². The van der Waals surface area contributed by atoms with Crippen LogP contribution in [-0.2, 0) is 4.79 Å². The Bertz CT molecular complexity index is 984. The van der Waals surface area contributed by atoms with E-state index >= 15 is 0 Å². The van der Waals surface area contributed by atoms with Crippen LogP contribution in [0.4, 0.5) is 0 Å². The Morgan fingerprint density at radius 3 is 2.07 bits per heavy atom. The van der Waals surface area contributed by atoms with Gasteiger partial charge in [0.15, 0.2) is 0 Å². The van der Waals surface area contributed by atoms with E-state index in [-0.39, 0.29) is 0 Å². The lowest BCUT2D eigenvalue weighted by atomic mass is 9.95. The van der Waals surface area contributed by atoms with Crippen molar-refractivity contribution in [2.75, 3.05) is 7.11 Å². The van der Waals surface area contributed by atoms with Crippen molar-refractivity contribution in [2.24, 2.45) is 0 Å². The molecule has 0 atom stereocenters. The number of benzene rings is 3. The fourth-order valence-electron chi connectivity index (χ4n) is 2.97. The topological polar surface area (TPSA) is 35.5 Å². The van der Waals surface area contributed by atoms with Gasteiger partial charge in [-0.15, -0.1) is 0 Å². The molecule has 3 rings (SSSR count). The summed E-state index contributed by atoms with van der Waals surface area (Å²) in [7, 11) is 1.65. The van der Waals surface area contributed by atoms with E-state index in [2.05, 4.69) is 11.8 Å². The van der Waals surface area contributed by atoms with E-state index in [1.807, 2.05) is 80.6 Å². The SMILES string of the molecule is COc1ccc(-c2c(C)cc(OC(=O)C#Cc3ccccc3)cc2C)cc1. The van der Waals surface area contributed by atoms with Gasteiger partial charge in [0.25, 0.3) is 0 Å². The Morgan fingerprint density at radius 1 is 0.852 bits per heavy atom. The predicted octanol–water partition coefficient (Wildman–Crippen LogP) is 4.94. The Morgan fingerprint density at radius 2 is 1.48 bits per heavy atom. The van der Waals surface area contributed by atoms with Crippen LogP contribution < -0.4 is 9.47 Å². The summed E-state index contributed by atoms with van der Waals surface area (Å²) in [6.07, 6.45) is 0. The second kappa shape index (κ2) is 8.25. The van der Waals surface area contributed by atoms with Crippen LogP contribution >= 0.6 is 0 Å². The highest BCUT2D eigenvalue weighted by Crippen LogP contribution is 2.32. The summed E-state index contributed by atoms with van der Waals surface area (Å²) in [5.41, 5.74) is 5.04. The van der Waals surface area contributed by atoms with Gasteiger partial charge in [-0.1, -0.05) is 36.3 Å². The molecule has 0 saturated carbocycles. The number of rotatable bonds is 3. The van der Waals surface area contributed by atoms with Gasteiger partial charge in [-0.3, -0.25) is 0 Å². The standard InChI is InChI=1S/C24H20O3/c1-17-15-22(27-23(25)14-9-19-7-5-4-6-8-19)16-18(2)24(17)20-10-12-21(26-3)13-11-20/h4-8,10-13,15-16H,1-3H3. The van der Waals surface area contributed by atoms with E-state index in [1.54, 1.807) is 7.11 Å². The first-order chi connectivity index (χ1) is 13.1. The van der Waals surface area contributed by atoms with Crippen molar-refractivity contribution in [1.29, 1.82) is 0 Å². The summed E-state index contributed by atoms with van der Waals surface area (Å²) in [4.78, 5) is 12.0. The van der Waals surface area contributed by atoms with E-state index < -0.39 is 5.97 Å². The van der Waals surface area contributed by atoms with Crippen molar-refractivity contribution in [3.63, 3.8) is 0 Å². The van der Waals surface area contributed by atoms with Crippen molar-refractivity contribution < 1.29 is 14.3 Å². The van der Waals surface area contributed by atoms with Crippen LogP contribution in [0.2, 0.25) is 0 Å². The van der Waals surface area contributed by atoms with Crippen molar-refractivity contribution in [3.8, 4) is 34.5 Å². The zero-order chi connectivity index (χ0) is 19.2. The molecule has 27 heavy (non-hydrogen) atoms. The molecule has 0 saturated heterocycles. The number of esters is 1. The minimum atomic E-state index is -0.574. The van der Waals surface area contributed by atoms with Crippen LogP contribution in [0.5, 0.6) is 11.5 Å². The zero-order valence-corrected chi connectivity index (χ0v) is 15.6. The highest BCUT2D eigenvalue weighted by atomic mass is 16.5. The van der Waals surface area contributed by atoms with Crippen LogP contribution in [0.25, 0.3) is 11.1 Å². The van der Waals surface area contributed by atoms with Gasteiger partial charge in [0.2, 0.25) is 0 Å². The van der Waals surface area contributed by atoms with Crippen LogP contribution in [-0.4, -0.2) is 13.1 Å². The van der Waals surface area contributed by atoms with E-state index in [0.29, 0.717) is 5.75 Å². The summed E-state index contributed by atoms with van der Waals surface area (Å²) in [6, 6.07) is 21.0. The highest BCUT2D eigenvalue weighted by Gasteiger charge is 2.10. The monoisotopic (exact) mass is 356 g/mol. The van der Waals surface area contributed by atoms with Gasteiger partial charge in [-0.05, 0) is 72.5 Å². The van der Waals surface area contributed by atoms with Gasteiger partial charge in [-0.2, -0.15) is 0 Å². The minimum absolute atomic E-state index is 0.495. The summed E-state index contributed by atoms with van der Waals surface area (Å²) in [6.45, 7) is 4.00. The molecule has 3 aromatic carbocycles. The van der Waals surface area contributed by atoms with Crippen molar-refractivity contribution in [3.05, 3.63) is 83.4 Å². The zero-order valence-electron chi connectivity index (χ0n) is 15.6. The summed E-state index contributed by atoms with van der Waals surface area (Å²) in [5.74, 6) is 6.06. The fourth-order valence-corrected chi connectivity index (χ4v) is 2.97. The number of carbonyl (C=O) groups excluding carboxylic acids is 1. The third-order valence-electron chi connectivity index (χ3n) is 4.18. The molecule has 0 aliphatic carbocycles. The quantitative estimate of drug-likeness (QED) is 0.379. The van der Waals surface area contributed by atoms with E-state index in [4.69, 9.17) is 9.47 Å². The molecule has 0 amide bonds. The lowest BCUT2D eigenvalue weighted by Gasteiger charge is -2.13. The third kappa shape index (κ3) is 4.56. The molecular weight excluding hydrogens is 336 g/mol. The molecule has 0 radical (unpaired) electrons. The van der Waals surface area contributed by atoms with Gasteiger partial charge in [-0.25, -0.2) is 4.79 Å². The van der Waals surface area contributed by atoms with E-state index in [9.17, 15) is 4.79 Å². The minimum Gasteiger partial charge on any atom is -0.497 e. The maximum Gasteiger partial charge on any atom is 0.390 e.